The first-order valence-corrected chi connectivity index (χ1v) is 6.73. The predicted octanol–water partition coefficient (Wildman–Crippen LogP) is 2.94. The van der Waals surface area contributed by atoms with Crippen molar-refractivity contribution in [3.8, 4) is 0 Å². The van der Waals surface area contributed by atoms with Gasteiger partial charge in [-0.25, -0.2) is 4.79 Å². The zero-order valence-electron chi connectivity index (χ0n) is 11.3. The van der Waals surface area contributed by atoms with Crippen LogP contribution in [0.5, 0.6) is 0 Å². The van der Waals surface area contributed by atoms with Crippen LogP contribution in [0.25, 0.3) is 0 Å². The van der Waals surface area contributed by atoms with E-state index in [1.165, 1.54) is 12.0 Å². The van der Waals surface area contributed by atoms with E-state index in [1.807, 2.05) is 4.90 Å². The van der Waals surface area contributed by atoms with Gasteiger partial charge in [-0.1, -0.05) is 36.8 Å². The van der Waals surface area contributed by atoms with Gasteiger partial charge in [-0.05, 0) is 31.2 Å². The first-order valence-electron chi connectivity index (χ1n) is 6.73. The van der Waals surface area contributed by atoms with Crippen LogP contribution in [0.2, 0.25) is 0 Å². The maximum absolute atomic E-state index is 12.0. The van der Waals surface area contributed by atoms with Gasteiger partial charge < -0.3 is 10.2 Å². The van der Waals surface area contributed by atoms with Crippen LogP contribution in [0.1, 0.15) is 30.9 Å². The Bertz CT molecular complexity index is 399. The number of nitrogens with zero attached hydrogens (tertiary/aromatic N) is 1. The zero-order chi connectivity index (χ0) is 13.0. The lowest BCUT2D eigenvalue weighted by Gasteiger charge is -2.30. The molecule has 1 aromatic carbocycles. The molecule has 0 bridgehead atoms. The molecule has 3 heteroatoms. The number of carbonyl (C=O) groups excluding carboxylic acids is 1. The summed E-state index contributed by atoms with van der Waals surface area (Å²) in [5.41, 5.74) is 2.40. The van der Waals surface area contributed by atoms with Gasteiger partial charge in [-0.3, -0.25) is 0 Å². The monoisotopic (exact) mass is 246 g/mol. The molecule has 1 fully saturated rings. The van der Waals surface area contributed by atoms with Crippen molar-refractivity contribution in [1.82, 2.24) is 10.2 Å². The highest BCUT2D eigenvalue weighted by Gasteiger charge is 2.20. The number of hydrogen-bond acceptors (Lipinski definition) is 1. The van der Waals surface area contributed by atoms with E-state index in [2.05, 4.69) is 43.4 Å². The molecule has 18 heavy (non-hydrogen) atoms. The normalized spacial score (nSPS) is 19.7. The van der Waals surface area contributed by atoms with Crippen LogP contribution in [0.15, 0.2) is 24.3 Å². The maximum Gasteiger partial charge on any atom is 0.317 e. The number of aryl methyl sites for hydroxylation is 1. The number of hydrogen-bond donors (Lipinski definition) is 1. The molecule has 1 atom stereocenters. The Morgan fingerprint density at radius 2 is 2.11 bits per heavy atom. The SMILES string of the molecule is Cc1ccc(CNC(=O)N2CCCC(C)C2)cc1. The standard InChI is InChI=1S/C15H22N2O/c1-12-5-7-14(8-6-12)10-16-15(18)17-9-3-4-13(2)11-17/h5-8,13H,3-4,9-11H2,1-2H3,(H,16,18). The van der Waals surface area contributed by atoms with Crippen LogP contribution < -0.4 is 5.32 Å². The van der Waals surface area contributed by atoms with E-state index in [0.717, 1.165) is 25.1 Å². The lowest BCUT2D eigenvalue weighted by molar-refractivity contribution is 0.169. The van der Waals surface area contributed by atoms with Gasteiger partial charge in [0.25, 0.3) is 0 Å². The zero-order valence-corrected chi connectivity index (χ0v) is 11.3. The van der Waals surface area contributed by atoms with E-state index in [1.54, 1.807) is 0 Å². The van der Waals surface area contributed by atoms with Crippen LogP contribution in [-0.2, 0) is 6.54 Å². The fraction of sp³-hybridized carbons (Fsp3) is 0.533. The van der Waals surface area contributed by atoms with Crippen molar-refractivity contribution in [1.29, 1.82) is 0 Å². The van der Waals surface area contributed by atoms with E-state index in [0.29, 0.717) is 12.5 Å². The summed E-state index contributed by atoms with van der Waals surface area (Å²) in [6.45, 7) is 6.67. The molecular weight excluding hydrogens is 224 g/mol. The highest BCUT2D eigenvalue weighted by molar-refractivity contribution is 5.74. The molecule has 0 aromatic heterocycles. The summed E-state index contributed by atoms with van der Waals surface area (Å²) in [6, 6.07) is 8.35. The van der Waals surface area contributed by atoms with E-state index < -0.39 is 0 Å². The average Bonchev–Trinajstić information content (AvgIpc) is 2.38. The molecule has 0 saturated carbocycles. The van der Waals surface area contributed by atoms with Crippen LogP contribution in [0.4, 0.5) is 4.79 Å². The number of rotatable bonds is 2. The Balaban J connectivity index is 1.82. The van der Waals surface area contributed by atoms with Crippen molar-refractivity contribution in [3.63, 3.8) is 0 Å². The molecule has 0 spiro atoms. The predicted molar refractivity (Wildman–Crippen MR) is 73.4 cm³/mol. The number of amides is 2. The molecule has 98 valence electrons. The number of piperidine rings is 1. The molecule has 1 aromatic rings. The molecule has 0 radical (unpaired) electrons. The van der Waals surface area contributed by atoms with E-state index in [9.17, 15) is 4.79 Å². The lowest BCUT2D eigenvalue weighted by Crippen LogP contribution is -2.44. The summed E-state index contributed by atoms with van der Waals surface area (Å²) in [7, 11) is 0. The largest absolute Gasteiger partial charge is 0.334 e. The number of benzene rings is 1. The van der Waals surface area contributed by atoms with E-state index >= 15 is 0 Å². The smallest absolute Gasteiger partial charge is 0.317 e. The Morgan fingerprint density at radius 1 is 1.39 bits per heavy atom. The minimum atomic E-state index is 0.0714. The topological polar surface area (TPSA) is 32.3 Å². The first-order chi connectivity index (χ1) is 8.65. The van der Waals surface area contributed by atoms with Crippen LogP contribution in [0.3, 0.4) is 0 Å². The molecule has 1 N–H and O–H groups in total. The summed E-state index contributed by atoms with van der Waals surface area (Å²) >= 11 is 0. The number of nitrogens with one attached hydrogen (secondary N) is 1. The molecular formula is C15H22N2O. The Hall–Kier alpha value is -1.51. The van der Waals surface area contributed by atoms with Crippen molar-refractivity contribution in [2.45, 2.75) is 33.2 Å². The summed E-state index contributed by atoms with van der Waals surface area (Å²) in [5.74, 6) is 0.629. The van der Waals surface area contributed by atoms with Gasteiger partial charge in [0.15, 0.2) is 0 Å². The Labute approximate surface area is 109 Å². The van der Waals surface area contributed by atoms with E-state index in [4.69, 9.17) is 0 Å². The summed E-state index contributed by atoms with van der Waals surface area (Å²) in [5, 5.41) is 3.00. The molecule has 1 saturated heterocycles. The second-order valence-electron chi connectivity index (χ2n) is 5.34. The Morgan fingerprint density at radius 3 is 2.78 bits per heavy atom. The number of likely N-dealkylation sites (tertiary alicyclic amines) is 1. The first kappa shape index (κ1) is 12.9. The summed E-state index contributed by atoms with van der Waals surface area (Å²) in [4.78, 5) is 13.9. The average molecular weight is 246 g/mol. The summed E-state index contributed by atoms with van der Waals surface area (Å²) in [6.07, 6.45) is 2.36. The third kappa shape index (κ3) is 3.49. The molecule has 1 unspecified atom stereocenters. The lowest BCUT2D eigenvalue weighted by atomic mass is 10.0. The minimum absolute atomic E-state index is 0.0714. The van der Waals surface area contributed by atoms with E-state index in [-0.39, 0.29) is 6.03 Å². The molecule has 1 aliphatic rings. The van der Waals surface area contributed by atoms with Crippen molar-refractivity contribution in [3.05, 3.63) is 35.4 Å². The minimum Gasteiger partial charge on any atom is -0.334 e. The van der Waals surface area contributed by atoms with Crippen molar-refractivity contribution < 1.29 is 4.79 Å². The third-order valence-electron chi connectivity index (χ3n) is 3.51. The van der Waals surface area contributed by atoms with Gasteiger partial charge in [0.05, 0.1) is 0 Å². The third-order valence-corrected chi connectivity index (χ3v) is 3.51. The van der Waals surface area contributed by atoms with Gasteiger partial charge in [0.1, 0.15) is 0 Å². The Kier molecular flexibility index (Phi) is 4.24. The highest BCUT2D eigenvalue weighted by atomic mass is 16.2. The maximum atomic E-state index is 12.0. The van der Waals surface area contributed by atoms with Crippen molar-refractivity contribution in [2.75, 3.05) is 13.1 Å². The number of carbonyl (C=O) groups is 1. The quantitative estimate of drug-likeness (QED) is 0.855. The molecule has 1 aliphatic heterocycles. The van der Waals surface area contributed by atoms with Crippen molar-refractivity contribution in [2.24, 2.45) is 5.92 Å². The van der Waals surface area contributed by atoms with Crippen LogP contribution >= 0.6 is 0 Å². The summed E-state index contributed by atoms with van der Waals surface area (Å²) < 4.78 is 0. The van der Waals surface area contributed by atoms with Gasteiger partial charge in [-0.15, -0.1) is 0 Å². The van der Waals surface area contributed by atoms with Crippen LogP contribution in [0, 0.1) is 12.8 Å². The van der Waals surface area contributed by atoms with Gasteiger partial charge >= 0.3 is 6.03 Å². The fourth-order valence-electron chi connectivity index (χ4n) is 2.37. The molecule has 3 nitrogen and oxygen atoms in total. The second-order valence-corrected chi connectivity index (χ2v) is 5.34. The molecule has 2 amide bonds. The fourth-order valence-corrected chi connectivity index (χ4v) is 2.37. The second kappa shape index (κ2) is 5.89. The van der Waals surface area contributed by atoms with Gasteiger partial charge in [-0.2, -0.15) is 0 Å². The molecule has 0 aliphatic carbocycles. The van der Waals surface area contributed by atoms with Gasteiger partial charge in [0, 0.05) is 19.6 Å². The molecule has 1 heterocycles. The van der Waals surface area contributed by atoms with Gasteiger partial charge in [0.2, 0.25) is 0 Å². The molecule has 2 rings (SSSR count). The van der Waals surface area contributed by atoms with Crippen molar-refractivity contribution >= 4 is 6.03 Å². The highest BCUT2D eigenvalue weighted by Crippen LogP contribution is 2.15. The van der Waals surface area contributed by atoms with Crippen LogP contribution in [-0.4, -0.2) is 24.0 Å². The number of urea groups is 1.